The number of benzene rings is 1. The van der Waals surface area contributed by atoms with Gasteiger partial charge in [-0.2, -0.15) is 5.10 Å². The number of nitrogens with one attached hydrogen (secondary N) is 1. The van der Waals surface area contributed by atoms with Crippen LogP contribution in [0.15, 0.2) is 36.4 Å². The second kappa shape index (κ2) is 7.55. The van der Waals surface area contributed by atoms with Gasteiger partial charge in [-0.25, -0.2) is 0 Å². The van der Waals surface area contributed by atoms with Crippen molar-refractivity contribution in [2.24, 2.45) is 0 Å². The van der Waals surface area contributed by atoms with Gasteiger partial charge in [-0.05, 0) is 30.9 Å². The molecule has 2 fully saturated rings. The predicted molar refractivity (Wildman–Crippen MR) is 102 cm³/mol. The van der Waals surface area contributed by atoms with Crippen molar-refractivity contribution in [2.75, 3.05) is 13.1 Å². The van der Waals surface area contributed by atoms with E-state index in [1.54, 1.807) is 4.90 Å². The summed E-state index contributed by atoms with van der Waals surface area (Å²) in [6.07, 6.45) is 3.51. The van der Waals surface area contributed by atoms with E-state index in [1.165, 1.54) is 12.8 Å². The minimum absolute atomic E-state index is 0.0194. The molecule has 1 aromatic heterocycles. The lowest BCUT2D eigenvalue weighted by Gasteiger charge is -2.31. The van der Waals surface area contributed by atoms with Gasteiger partial charge in [0.1, 0.15) is 5.69 Å². The number of aromatic amines is 1. The second-order valence-electron chi connectivity index (χ2n) is 7.55. The molecule has 1 aliphatic carbocycles. The molecule has 1 saturated carbocycles. The standard InChI is InChI=1S/C21H26N4O2/c1-2-17-14-24(21(27)19-12-18(22-23-19)16-8-9-16)11-10-20(26)25(17)13-15-6-4-3-5-7-15/h3-7,12,16-17H,2,8-11,13-14H2,1H3,(H,22,23). The minimum atomic E-state index is -0.0778. The van der Waals surface area contributed by atoms with Crippen LogP contribution in [0.1, 0.15) is 60.3 Å². The highest BCUT2D eigenvalue weighted by Crippen LogP contribution is 2.39. The third-order valence-electron chi connectivity index (χ3n) is 5.58. The summed E-state index contributed by atoms with van der Waals surface area (Å²) < 4.78 is 0. The Morgan fingerprint density at radius 2 is 2.04 bits per heavy atom. The van der Waals surface area contributed by atoms with E-state index in [2.05, 4.69) is 17.1 Å². The Bertz CT molecular complexity index is 813. The molecule has 1 aliphatic heterocycles. The van der Waals surface area contributed by atoms with Gasteiger partial charge in [0.25, 0.3) is 5.91 Å². The van der Waals surface area contributed by atoms with Gasteiger partial charge in [-0.1, -0.05) is 37.3 Å². The molecule has 0 bridgehead atoms. The maximum atomic E-state index is 13.0. The zero-order valence-electron chi connectivity index (χ0n) is 15.7. The molecule has 0 spiro atoms. The molecule has 27 heavy (non-hydrogen) atoms. The highest BCUT2D eigenvalue weighted by atomic mass is 16.2. The SMILES string of the molecule is CCC1CN(C(=O)c2cc(C3CC3)[nH]n2)CCC(=O)N1Cc1ccccc1. The van der Waals surface area contributed by atoms with Gasteiger partial charge in [0.15, 0.2) is 0 Å². The van der Waals surface area contributed by atoms with E-state index in [1.807, 2.05) is 41.3 Å². The van der Waals surface area contributed by atoms with Crippen molar-refractivity contribution in [3.05, 3.63) is 53.3 Å². The van der Waals surface area contributed by atoms with E-state index < -0.39 is 0 Å². The average Bonchev–Trinajstić information content (AvgIpc) is 3.45. The molecule has 2 aromatic rings. The summed E-state index contributed by atoms with van der Waals surface area (Å²) in [7, 11) is 0. The normalized spacial score (nSPS) is 20.6. The van der Waals surface area contributed by atoms with Gasteiger partial charge in [-0.3, -0.25) is 14.7 Å². The van der Waals surface area contributed by atoms with Gasteiger partial charge >= 0.3 is 0 Å². The van der Waals surface area contributed by atoms with Crippen molar-refractivity contribution in [1.29, 1.82) is 0 Å². The molecule has 2 amide bonds. The lowest BCUT2D eigenvalue weighted by molar-refractivity contribution is -0.133. The smallest absolute Gasteiger partial charge is 0.274 e. The lowest BCUT2D eigenvalue weighted by atomic mass is 10.1. The summed E-state index contributed by atoms with van der Waals surface area (Å²) in [6, 6.07) is 11.9. The van der Waals surface area contributed by atoms with Crippen LogP contribution in [0.4, 0.5) is 0 Å². The Morgan fingerprint density at radius 3 is 2.74 bits per heavy atom. The molecule has 1 N–H and O–H groups in total. The van der Waals surface area contributed by atoms with E-state index >= 15 is 0 Å². The fourth-order valence-electron chi connectivity index (χ4n) is 3.77. The topological polar surface area (TPSA) is 69.3 Å². The second-order valence-corrected chi connectivity index (χ2v) is 7.55. The monoisotopic (exact) mass is 366 g/mol. The zero-order valence-corrected chi connectivity index (χ0v) is 15.7. The number of rotatable bonds is 5. The fourth-order valence-corrected chi connectivity index (χ4v) is 3.77. The first-order chi connectivity index (χ1) is 13.2. The maximum Gasteiger partial charge on any atom is 0.274 e. The third-order valence-corrected chi connectivity index (χ3v) is 5.58. The van der Waals surface area contributed by atoms with Gasteiger partial charge < -0.3 is 9.80 Å². The van der Waals surface area contributed by atoms with Crippen molar-refractivity contribution in [3.8, 4) is 0 Å². The molecular formula is C21H26N4O2. The third kappa shape index (κ3) is 3.89. The Labute approximate surface area is 159 Å². The molecule has 6 nitrogen and oxygen atoms in total. The molecule has 1 unspecified atom stereocenters. The van der Waals surface area contributed by atoms with E-state index in [-0.39, 0.29) is 17.9 Å². The highest BCUT2D eigenvalue weighted by Gasteiger charge is 2.32. The first-order valence-corrected chi connectivity index (χ1v) is 9.83. The minimum Gasteiger partial charge on any atom is -0.335 e. The zero-order chi connectivity index (χ0) is 18.8. The van der Waals surface area contributed by atoms with E-state index in [0.29, 0.717) is 37.7 Å². The first kappa shape index (κ1) is 17.8. The van der Waals surface area contributed by atoms with E-state index in [4.69, 9.17) is 0 Å². The number of nitrogens with zero attached hydrogens (tertiary/aromatic N) is 3. The lowest BCUT2D eigenvalue weighted by Crippen LogP contribution is -2.43. The first-order valence-electron chi connectivity index (χ1n) is 9.83. The van der Waals surface area contributed by atoms with Crippen LogP contribution < -0.4 is 0 Å². The van der Waals surface area contributed by atoms with Crippen LogP contribution in [0.5, 0.6) is 0 Å². The molecule has 1 saturated heterocycles. The van der Waals surface area contributed by atoms with E-state index in [9.17, 15) is 9.59 Å². The van der Waals surface area contributed by atoms with Crippen molar-refractivity contribution in [2.45, 2.75) is 51.1 Å². The van der Waals surface area contributed by atoms with Crippen LogP contribution in [0.3, 0.4) is 0 Å². The number of carbonyl (C=O) groups is 2. The van der Waals surface area contributed by atoms with Gasteiger partial charge in [0.05, 0.1) is 0 Å². The molecule has 2 aliphatic rings. The Balaban J connectivity index is 1.49. The largest absolute Gasteiger partial charge is 0.335 e. The number of amides is 2. The number of aromatic nitrogens is 2. The summed E-state index contributed by atoms with van der Waals surface area (Å²) >= 11 is 0. The number of H-pyrrole nitrogens is 1. The molecule has 1 aromatic carbocycles. The summed E-state index contributed by atoms with van der Waals surface area (Å²) in [6.45, 7) is 3.67. The molecule has 4 rings (SSSR count). The highest BCUT2D eigenvalue weighted by molar-refractivity contribution is 5.93. The Morgan fingerprint density at radius 1 is 1.26 bits per heavy atom. The number of hydrogen-bond donors (Lipinski definition) is 1. The maximum absolute atomic E-state index is 13.0. The van der Waals surface area contributed by atoms with Crippen LogP contribution >= 0.6 is 0 Å². The Hall–Kier alpha value is -2.63. The van der Waals surface area contributed by atoms with Crippen molar-refractivity contribution < 1.29 is 9.59 Å². The summed E-state index contributed by atoms with van der Waals surface area (Å²) in [5, 5.41) is 7.23. The van der Waals surface area contributed by atoms with Crippen LogP contribution in [-0.4, -0.2) is 50.9 Å². The molecule has 1 atom stereocenters. The average molecular weight is 366 g/mol. The summed E-state index contributed by atoms with van der Waals surface area (Å²) in [5.74, 6) is 0.571. The molecular weight excluding hydrogens is 340 g/mol. The van der Waals surface area contributed by atoms with Gasteiger partial charge in [-0.15, -0.1) is 0 Å². The summed E-state index contributed by atoms with van der Waals surface area (Å²) in [5.41, 5.74) is 2.64. The molecule has 2 heterocycles. The van der Waals surface area contributed by atoms with Crippen molar-refractivity contribution in [1.82, 2.24) is 20.0 Å². The number of hydrogen-bond acceptors (Lipinski definition) is 3. The molecule has 0 radical (unpaired) electrons. The molecule has 142 valence electrons. The van der Waals surface area contributed by atoms with Crippen molar-refractivity contribution in [3.63, 3.8) is 0 Å². The quantitative estimate of drug-likeness (QED) is 0.884. The van der Waals surface area contributed by atoms with Crippen LogP contribution in [0.25, 0.3) is 0 Å². The van der Waals surface area contributed by atoms with Crippen LogP contribution in [-0.2, 0) is 11.3 Å². The Kier molecular flexibility index (Phi) is 4.97. The number of carbonyl (C=O) groups excluding carboxylic acids is 2. The fraction of sp³-hybridized carbons (Fsp3) is 0.476. The van der Waals surface area contributed by atoms with Gasteiger partial charge in [0.2, 0.25) is 5.91 Å². The van der Waals surface area contributed by atoms with Crippen LogP contribution in [0, 0.1) is 0 Å². The van der Waals surface area contributed by atoms with Crippen molar-refractivity contribution >= 4 is 11.8 Å². The predicted octanol–water partition coefficient (Wildman–Crippen LogP) is 2.94. The van der Waals surface area contributed by atoms with Crippen LogP contribution in [0.2, 0.25) is 0 Å². The summed E-state index contributed by atoms with van der Waals surface area (Å²) in [4.78, 5) is 29.4. The molecule has 6 heteroatoms. The van der Waals surface area contributed by atoms with Gasteiger partial charge in [0, 0.05) is 43.7 Å². The van der Waals surface area contributed by atoms with E-state index in [0.717, 1.165) is 17.7 Å².